The number of aromatic amines is 1. The van der Waals surface area contributed by atoms with Crippen molar-refractivity contribution < 1.29 is 9.59 Å². The van der Waals surface area contributed by atoms with Crippen molar-refractivity contribution in [3.8, 4) is 0 Å². The fourth-order valence-electron chi connectivity index (χ4n) is 2.26. The van der Waals surface area contributed by atoms with Gasteiger partial charge in [0.2, 0.25) is 5.16 Å². The van der Waals surface area contributed by atoms with Crippen molar-refractivity contribution in [1.82, 2.24) is 25.2 Å². The van der Waals surface area contributed by atoms with Crippen molar-refractivity contribution in [1.29, 1.82) is 0 Å². The quantitative estimate of drug-likeness (QED) is 0.668. The minimum atomic E-state index is -0.355. The first-order chi connectivity index (χ1) is 9.82. The summed E-state index contributed by atoms with van der Waals surface area (Å²) in [5, 5.41) is 11.3. The molecule has 0 aliphatic carbocycles. The Morgan fingerprint density at radius 3 is 2.48 bits per heavy atom. The maximum absolute atomic E-state index is 12.5. The van der Waals surface area contributed by atoms with Crippen molar-refractivity contribution in [3.63, 3.8) is 0 Å². The highest BCUT2D eigenvalue weighted by Gasteiger charge is 2.25. The van der Waals surface area contributed by atoms with Gasteiger partial charge in [0.05, 0.1) is 10.9 Å². The van der Waals surface area contributed by atoms with E-state index in [9.17, 15) is 9.59 Å². The number of ketones is 2. The summed E-state index contributed by atoms with van der Waals surface area (Å²) in [5.41, 5.74) is 2.50. The molecule has 2 aromatic rings. The van der Waals surface area contributed by atoms with Crippen LogP contribution in [0, 0.1) is 13.8 Å². The molecule has 0 bridgehead atoms. The van der Waals surface area contributed by atoms with Gasteiger partial charge in [-0.25, -0.2) is 4.68 Å². The van der Waals surface area contributed by atoms with Gasteiger partial charge >= 0.3 is 0 Å². The van der Waals surface area contributed by atoms with Crippen LogP contribution in [0.3, 0.4) is 0 Å². The van der Waals surface area contributed by atoms with E-state index in [0.29, 0.717) is 22.0 Å². The van der Waals surface area contributed by atoms with Crippen molar-refractivity contribution in [2.24, 2.45) is 7.05 Å². The highest BCUT2D eigenvalue weighted by molar-refractivity contribution is 8.00. The summed E-state index contributed by atoms with van der Waals surface area (Å²) in [4.78, 5) is 27.2. The fourth-order valence-corrected chi connectivity index (χ4v) is 3.07. The van der Waals surface area contributed by atoms with Crippen LogP contribution in [0.5, 0.6) is 0 Å². The molecule has 2 heterocycles. The topological polar surface area (TPSA) is 93.5 Å². The molecule has 0 saturated heterocycles. The van der Waals surface area contributed by atoms with Crippen molar-refractivity contribution >= 4 is 23.3 Å². The Kier molecular flexibility index (Phi) is 4.26. The lowest BCUT2D eigenvalue weighted by molar-refractivity contribution is 0.0988. The van der Waals surface area contributed by atoms with E-state index in [1.54, 1.807) is 27.8 Å². The van der Waals surface area contributed by atoms with Crippen LogP contribution in [0.1, 0.15) is 46.0 Å². The highest BCUT2D eigenvalue weighted by atomic mass is 32.2. The number of carbonyl (C=O) groups is 2. The van der Waals surface area contributed by atoms with Crippen LogP contribution in [0.4, 0.5) is 0 Å². The number of nitrogens with one attached hydrogen (secondary N) is 1. The van der Waals surface area contributed by atoms with E-state index >= 15 is 0 Å². The van der Waals surface area contributed by atoms with E-state index in [-0.39, 0.29) is 16.8 Å². The Hall–Kier alpha value is -1.96. The molecule has 0 radical (unpaired) electrons. The molecule has 0 aliphatic rings. The van der Waals surface area contributed by atoms with Gasteiger partial charge in [-0.1, -0.05) is 11.8 Å². The normalized spacial score (nSPS) is 12.4. The molecule has 0 saturated carbocycles. The van der Waals surface area contributed by atoms with E-state index in [4.69, 9.17) is 0 Å². The van der Waals surface area contributed by atoms with Gasteiger partial charge in [0.15, 0.2) is 11.6 Å². The zero-order chi connectivity index (χ0) is 15.7. The smallest absolute Gasteiger partial charge is 0.209 e. The van der Waals surface area contributed by atoms with E-state index in [0.717, 1.165) is 5.69 Å². The van der Waals surface area contributed by atoms with Crippen LogP contribution < -0.4 is 0 Å². The number of aromatic nitrogens is 5. The van der Waals surface area contributed by atoms with E-state index < -0.39 is 0 Å². The number of nitrogens with zero attached hydrogens (tertiary/aromatic N) is 4. The Labute approximate surface area is 126 Å². The maximum atomic E-state index is 12.5. The van der Waals surface area contributed by atoms with Crippen LogP contribution >= 0.6 is 11.8 Å². The molecule has 2 aromatic heterocycles. The summed E-state index contributed by atoms with van der Waals surface area (Å²) in [6, 6.07) is 0. The number of tetrazole rings is 1. The summed E-state index contributed by atoms with van der Waals surface area (Å²) in [6.07, 6.45) is 0. The zero-order valence-corrected chi connectivity index (χ0v) is 13.4. The molecule has 0 aliphatic heterocycles. The van der Waals surface area contributed by atoms with Crippen LogP contribution in [0.25, 0.3) is 0 Å². The number of hydrogen-bond acceptors (Lipinski definition) is 6. The minimum absolute atomic E-state index is 0.0434. The second-order valence-corrected chi connectivity index (χ2v) is 6.20. The van der Waals surface area contributed by atoms with Crippen molar-refractivity contribution in [2.75, 3.05) is 0 Å². The standard InChI is InChI=1S/C13H17N5O2S/c1-6-10(8(3)19)7(2)14-11(6)12(20)9(4)21-13-15-16-17-18(13)5/h9,14H,1-5H3/t9-/m1/s1. The molecule has 1 N–H and O–H groups in total. The van der Waals surface area contributed by atoms with Crippen molar-refractivity contribution in [3.05, 3.63) is 22.5 Å². The summed E-state index contributed by atoms with van der Waals surface area (Å²) in [6.45, 7) is 6.88. The predicted molar refractivity (Wildman–Crippen MR) is 78.7 cm³/mol. The van der Waals surface area contributed by atoms with Gasteiger partial charge in [0, 0.05) is 18.3 Å². The third kappa shape index (κ3) is 2.90. The molecule has 7 nitrogen and oxygen atoms in total. The first-order valence-electron chi connectivity index (χ1n) is 6.46. The number of rotatable bonds is 5. The zero-order valence-electron chi connectivity index (χ0n) is 12.6. The number of Topliss-reactive ketones (excluding diaryl/α,β-unsaturated/α-hetero) is 2. The van der Waals surface area contributed by atoms with Gasteiger partial charge in [0.25, 0.3) is 0 Å². The van der Waals surface area contributed by atoms with Crippen LogP contribution in [-0.2, 0) is 7.05 Å². The number of carbonyl (C=O) groups excluding carboxylic acids is 2. The van der Waals surface area contributed by atoms with Gasteiger partial charge in [0.1, 0.15) is 0 Å². The third-order valence-corrected chi connectivity index (χ3v) is 4.39. The minimum Gasteiger partial charge on any atom is -0.355 e. The molecule has 2 rings (SSSR count). The van der Waals surface area contributed by atoms with Crippen LogP contribution in [-0.4, -0.2) is 42.0 Å². The second kappa shape index (κ2) is 5.80. The summed E-state index contributed by atoms with van der Waals surface area (Å²) in [7, 11) is 1.72. The molecule has 0 aromatic carbocycles. The first-order valence-corrected chi connectivity index (χ1v) is 7.34. The van der Waals surface area contributed by atoms with Gasteiger partial charge < -0.3 is 4.98 Å². The molecule has 0 unspecified atom stereocenters. The largest absolute Gasteiger partial charge is 0.355 e. The number of H-pyrrole nitrogens is 1. The van der Waals surface area contributed by atoms with Gasteiger partial charge in [-0.3, -0.25) is 9.59 Å². The lowest BCUT2D eigenvalue weighted by Crippen LogP contribution is -2.16. The molecule has 21 heavy (non-hydrogen) atoms. The average molecular weight is 307 g/mol. The number of hydrogen-bond donors (Lipinski definition) is 1. The Morgan fingerprint density at radius 1 is 1.33 bits per heavy atom. The lowest BCUT2D eigenvalue weighted by Gasteiger charge is -2.08. The highest BCUT2D eigenvalue weighted by Crippen LogP contribution is 2.26. The predicted octanol–water partition coefficient (Wildman–Crippen LogP) is 1.72. The van der Waals surface area contributed by atoms with Gasteiger partial charge in [-0.15, -0.1) is 5.10 Å². The Bertz CT molecular complexity index is 703. The van der Waals surface area contributed by atoms with E-state index in [1.807, 2.05) is 0 Å². The van der Waals surface area contributed by atoms with Gasteiger partial charge in [-0.05, 0) is 43.7 Å². The fraction of sp³-hybridized carbons (Fsp3) is 0.462. The van der Waals surface area contributed by atoms with Crippen molar-refractivity contribution in [2.45, 2.75) is 38.1 Å². The molecule has 0 fully saturated rings. The second-order valence-electron chi connectivity index (χ2n) is 4.89. The maximum Gasteiger partial charge on any atom is 0.209 e. The molecule has 0 amide bonds. The monoisotopic (exact) mass is 307 g/mol. The average Bonchev–Trinajstić information content (AvgIpc) is 2.92. The van der Waals surface area contributed by atoms with E-state index in [2.05, 4.69) is 20.5 Å². The molecule has 0 spiro atoms. The summed E-state index contributed by atoms with van der Waals surface area (Å²) >= 11 is 1.28. The third-order valence-electron chi connectivity index (χ3n) is 3.27. The van der Waals surface area contributed by atoms with Gasteiger partial charge in [-0.2, -0.15) is 0 Å². The SMILES string of the molecule is CC(=O)c1c(C)[nH]c(C(=O)[C@@H](C)Sc2nnnn2C)c1C. The molecule has 1 atom stereocenters. The number of thioether (sulfide) groups is 1. The van der Waals surface area contributed by atoms with Crippen LogP contribution in [0.2, 0.25) is 0 Å². The first kappa shape index (κ1) is 15.4. The summed E-state index contributed by atoms with van der Waals surface area (Å²) < 4.78 is 1.52. The molecule has 8 heteroatoms. The number of aryl methyl sites for hydroxylation is 2. The van der Waals surface area contributed by atoms with E-state index in [1.165, 1.54) is 23.4 Å². The molecular formula is C13H17N5O2S. The Balaban J connectivity index is 2.26. The lowest BCUT2D eigenvalue weighted by atomic mass is 10.0. The Morgan fingerprint density at radius 2 is 2.00 bits per heavy atom. The van der Waals surface area contributed by atoms with Crippen LogP contribution in [0.15, 0.2) is 5.16 Å². The summed E-state index contributed by atoms with van der Waals surface area (Å²) in [5.74, 6) is -0.116. The molecule has 112 valence electrons. The molecular weight excluding hydrogens is 290 g/mol.